The Morgan fingerprint density at radius 2 is 0.967 bits per heavy atom. The number of H-pyrrole nitrogens is 1. The molecule has 0 radical (unpaired) electrons. The number of nitrogens with one attached hydrogen (secondary N) is 2. The van der Waals surface area contributed by atoms with Gasteiger partial charge < -0.3 is 29.8 Å². The van der Waals surface area contributed by atoms with Crippen LogP contribution in [0.2, 0.25) is 0 Å². The molecular weight excluding hydrogens is 769 g/mol. The highest BCUT2D eigenvalue weighted by Crippen LogP contribution is 2.19. The van der Waals surface area contributed by atoms with E-state index in [1.807, 2.05) is 0 Å². The number of anilines is 1. The summed E-state index contributed by atoms with van der Waals surface area (Å²) in [4.78, 5) is 42.1. The molecule has 1 heterocycles. The van der Waals surface area contributed by atoms with Crippen LogP contribution in [0.25, 0.3) is 0 Å². The maximum Gasteiger partial charge on any atom is 0.455 e. The van der Waals surface area contributed by atoms with Crippen LogP contribution in [0.15, 0.2) is 0 Å². The van der Waals surface area contributed by atoms with Gasteiger partial charge in [0.15, 0.2) is 0 Å². The summed E-state index contributed by atoms with van der Waals surface area (Å²) in [5.74, 6) is -0.156. The molecule has 0 aliphatic rings. The predicted octanol–water partition coefficient (Wildman–Crippen LogP) is 14.0. The molecule has 1 rings (SSSR count). The first-order valence-electron chi connectivity index (χ1n) is 25.7. The first-order chi connectivity index (χ1) is 29.8. The molecule has 61 heavy (non-hydrogen) atoms. The van der Waals surface area contributed by atoms with Crippen LogP contribution in [0, 0.1) is 10.1 Å². The van der Waals surface area contributed by atoms with E-state index in [1.165, 1.54) is 96.3 Å². The molecule has 0 aliphatic heterocycles. The fraction of sp³-hybridized carbons (Fsp3) is 0.918. The van der Waals surface area contributed by atoms with E-state index in [0.717, 1.165) is 135 Å². The van der Waals surface area contributed by atoms with Gasteiger partial charge in [0.05, 0.1) is 0 Å². The summed E-state index contributed by atoms with van der Waals surface area (Å²) in [6.07, 6.45) is 39.3. The van der Waals surface area contributed by atoms with Gasteiger partial charge in [0.1, 0.15) is 12.2 Å². The smallest absolute Gasteiger partial charge is 0.455 e. The topological polar surface area (TPSA) is 153 Å². The fourth-order valence-electron chi connectivity index (χ4n) is 8.08. The largest absolute Gasteiger partial charge is 0.462 e. The molecule has 1 unspecified atom stereocenters. The van der Waals surface area contributed by atoms with Crippen LogP contribution in [-0.4, -0.2) is 75.3 Å². The quantitative estimate of drug-likeness (QED) is 0.0280. The van der Waals surface area contributed by atoms with Crippen molar-refractivity contribution in [3.63, 3.8) is 0 Å². The van der Waals surface area contributed by atoms with Gasteiger partial charge >= 0.3 is 23.8 Å². The Morgan fingerprint density at radius 1 is 0.574 bits per heavy atom. The van der Waals surface area contributed by atoms with E-state index >= 15 is 0 Å². The number of aromatic amines is 1. The van der Waals surface area contributed by atoms with Crippen LogP contribution in [0.5, 0.6) is 0 Å². The molecule has 0 fully saturated rings. The summed E-state index contributed by atoms with van der Waals surface area (Å²) in [6.45, 7) is 12.5. The van der Waals surface area contributed by atoms with Crippen molar-refractivity contribution in [3.8, 4) is 0 Å². The van der Waals surface area contributed by atoms with Crippen molar-refractivity contribution < 1.29 is 24.0 Å². The molecular formula is C49H94N6O6. The van der Waals surface area contributed by atoms with Crippen molar-refractivity contribution in [1.29, 1.82) is 0 Å². The second-order valence-electron chi connectivity index (χ2n) is 17.7. The Hall–Kier alpha value is -2.76. The molecule has 0 amide bonds. The molecule has 0 bridgehead atoms. The Balaban J connectivity index is 2.40. The van der Waals surface area contributed by atoms with E-state index in [1.54, 1.807) is 0 Å². The zero-order chi connectivity index (χ0) is 44.4. The normalized spacial score (nSPS) is 12.0. The van der Waals surface area contributed by atoms with E-state index in [0.29, 0.717) is 19.4 Å². The molecule has 0 aromatic carbocycles. The maximum absolute atomic E-state index is 12.9. The van der Waals surface area contributed by atoms with Gasteiger partial charge in [0.2, 0.25) is 0 Å². The van der Waals surface area contributed by atoms with Gasteiger partial charge in [0, 0.05) is 19.4 Å². The van der Waals surface area contributed by atoms with E-state index in [2.05, 4.69) is 53.1 Å². The number of rotatable bonds is 46. The standard InChI is InChI=1S/C49H94N6O6/c1-5-9-12-15-20-27-35-44(8-4)60-46(56)38-30-23-18-25-32-41-54(43-34-40-50-48-51-49(53-52-48)55(58)59)42-33-26-19-24-31-39-47(57)61-45(36-28-21-16-13-10-6-2)37-29-22-17-14-11-7-3/h44-45H,5-43H2,1-4H3,(H2,50,51,52,53). The van der Waals surface area contributed by atoms with Crippen LogP contribution in [-0.2, 0) is 19.1 Å². The summed E-state index contributed by atoms with van der Waals surface area (Å²) in [5.41, 5.74) is 0. The number of nitrogens with zero attached hydrogens (tertiary/aromatic N) is 4. The Labute approximate surface area is 373 Å². The minimum absolute atomic E-state index is 0.00902. The molecule has 12 heteroatoms. The molecule has 1 atom stereocenters. The maximum atomic E-state index is 12.9. The lowest BCUT2D eigenvalue weighted by molar-refractivity contribution is -0.394. The Bertz CT molecular complexity index is 1150. The zero-order valence-electron chi connectivity index (χ0n) is 40.0. The van der Waals surface area contributed by atoms with Gasteiger partial charge in [0.25, 0.3) is 0 Å². The van der Waals surface area contributed by atoms with Crippen molar-refractivity contribution in [2.45, 2.75) is 265 Å². The van der Waals surface area contributed by atoms with Crippen LogP contribution in [0.1, 0.15) is 252 Å². The molecule has 1 aromatic heterocycles. The SMILES string of the molecule is CCCCCCCCC(CC)OC(=O)CCCCCCCN(CCCCCCCC(=O)OC(CCCCCCCC)CCCCCCCC)CCCNc1n[nH]c([N+](=O)[O-])n1. The van der Waals surface area contributed by atoms with Crippen molar-refractivity contribution in [2.75, 3.05) is 31.5 Å². The summed E-state index contributed by atoms with van der Waals surface area (Å²) >= 11 is 0. The first kappa shape index (κ1) is 56.3. The van der Waals surface area contributed by atoms with Crippen molar-refractivity contribution in [1.82, 2.24) is 20.1 Å². The van der Waals surface area contributed by atoms with E-state index in [4.69, 9.17) is 9.47 Å². The number of carbonyl (C=O) groups excluding carboxylic acids is 2. The molecule has 0 saturated heterocycles. The number of esters is 2. The summed E-state index contributed by atoms with van der Waals surface area (Å²) in [5, 5.41) is 20.3. The third kappa shape index (κ3) is 34.4. The first-order valence-corrected chi connectivity index (χ1v) is 25.7. The van der Waals surface area contributed by atoms with Crippen LogP contribution in [0.3, 0.4) is 0 Å². The lowest BCUT2D eigenvalue weighted by atomic mass is 10.0. The van der Waals surface area contributed by atoms with Crippen molar-refractivity contribution in [3.05, 3.63) is 10.1 Å². The third-order valence-corrected chi connectivity index (χ3v) is 12.0. The van der Waals surface area contributed by atoms with Gasteiger partial charge in [-0.3, -0.25) is 9.59 Å². The molecule has 2 N–H and O–H groups in total. The number of nitro groups is 1. The van der Waals surface area contributed by atoms with Crippen molar-refractivity contribution in [2.24, 2.45) is 0 Å². The second kappa shape index (κ2) is 41.3. The molecule has 1 aromatic rings. The van der Waals surface area contributed by atoms with Crippen LogP contribution >= 0.6 is 0 Å². The number of hydrogen-bond donors (Lipinski definition) is 2. The van der Waals surface area contributed by atoms with Crippen LogP contribution in [0.4, 0.5) is 11.9 Å². The Morgan fingerprint density at radius 3 is 1.41 bits per heavy atom. The second-order valence-corrected chi connectivity index (χ2v) is 17.7. The van der Waals surface area contributed by atoms with Gasteiger partial charge in [-0.2, -0.15) is 0 Å². The lowest BCUT2D eigenvalue weighted by Gasteiger charge is -2.22. The lowest BCUT2D eigenvalue weighted by Crippen LogP contribution is -2.28. The average molecular weight is 863 g/mol. The summed E-state index contributed by atoms with van der Waals surface area (Å²) < 4.78 is 11.9. The third-order valence-electron chi connectivity index (χ3n) is 12.0. The molecule has 12 nitrogen and oxygen atoms in total. The van der Waals surface area contributed by atoms with E-state index in [9.17, 15) is 19.7 Å². The monoisotopic (exact) mass is 863 g/mol. The summed E-state index contributed by atoms with van der Waals surface area (Å²) in [7, 11) is 0. The van der Waals surface area contributed by atoms with Gasteiger partial charge in [-0.25, -0.2) is 0 Å². The highest BCUT2D eigenvalue weighted by Gasteiger charge is 2.16. The van der Waals surface area contributed by atoms with E-state index in [-0.39, 0.29) is 36.0 Å². The fourth-order valence-corrected chi connectivity index (χ4v) is 8.08. The van der Waals surface area contributed by atoms with Gasteiger partial charge in [-0.1, -0.05) is 168 Å². The molecule has 356 valence electrons. The Kier molecular flexibility index (Phi) is 38.1. The number of ether oxygens (including phenoxy) is 2. The number of aromatic nitrogens is 3. The highest BCUT2D eigenvalue weighted by molar-refractivity contribution is 5.69. The average Bonchev–Trinajstić information content (AvgIpc) is 3.74. The number of unbranched alkanes of at least 4 members (excludes halogenated alkanes) is 23. The highest BCUT2D eigenvalue weighted by atomic mass is 16.6. The molecule has 0 aliphatic carbocycles. The van der Waals surface area contributed by atoms with Crippen LogP contribution < -0.4 is 5.32 Å². The molecule has 0 spiro atoms. The van der Waals surface area contributed by atoms with Gasteiger partial charge in [-0.05, 0) is 107 Å². The zero-order valence-corrected chi connectivity index (χ0v) is 40.0. The minimum Gasteiger partial charge on any atom is -0.462 e. The predicted molar refractivity (Wildman–Crippen MR) is 252 cm³/mol. The molecule has 0 saturated carbocycles. The summed E-state index contributed by atoms with van der Waals surface area (Å²) in [6, 6.07) is 0. The van der Waals surface area contributed by atoms with E-state index < -0.39 is 4.92 Å². The van der Waals surface area contributed by atoms with Crippen molar-refractivity contribution >= 4 is 23.8 Å². The number of hydrogen-bond acceptors (Lipinski definition) is 10. The minimum atomic E-state index is -0.581. The number of carbonyl (C=O) groups is 2. The van der Waals surface area contributed by atoms with Gasteiger partial charge in [-0.15, -0.1) is 5.10 Å².